The second-order valence-corrected chi connectivity index (χ2v) is 6.31. The highest BCUT2D eigenvalue weighted by atomic mass is 19.3. The van der Waals surface area contributed by atoms with Gasteiger partial charge in [-0.2, -0.15) is 8.78 Å². The van der Waals surface area contributed by atoms with Crippen LogP contribution in [0.5, 0.6) is 17.2 Å². The second kappa shape index (κ2) is 7.19. The third-order valence-corrected chi connectivity index (χ3v) is 4.04. The van der Waals surface area contributed by atoms with E-state index in [1.54, 1.807) is 18.2 Å². The summed E-state index contributed by atoms with van der Waals surface area (Å²) in [6.07, 6.45) is 0. The fourth-order valence-electron chi connectivity index (χ4n) is 2.71. The Morgan fingerprint density at radius 2 is 1.81 bits per heavy atom. The van der Waals surface area contributed by atoms with Crippen molar-refractivity contribution in [1.82, 2.24) is 5.32 Å². The Morgan fingerprint density at radius 3 is 2.54 bits per heavy atom. The van der Waals surface area contributed by atoms with Crippen LogP contribution in [0, 0.1) is 0 Å². The van der Waals surface area contributed by atoms with E-state index in [2.05, 4.69) is 10.1 Å². The van der Waals surface area contributed by atoms with Crippen LogP contribution in [0.3, 0.4) is 0 Å². The topological polar surface area (TPSA) is 56.8 Å². The van der Waals surface area contributed by atoms with Crippen LogP contribution in [0.25, 0.3) is 0 Å². The van der Waals surface area contributed by atoms with Crippen LogP contribution < -0.4 is 19.5 Å². The number of hydrogen-bond acceptors (Lipinski definition) is 4. The summed E-state index contributed by atoms with van der Waals surface area (Å²) in [7, 11) is 0. The summed E-state index contributed by atoms with van der Waals surface area (Å²) in [6, 6.07) is 11.3. The Kier molecular flexibility index (Phi) is 4.97. The van der Waals surface area contributed by atoms with Crippen LogP contribution in [0.15, 0.2) is 42.5 Å². The molecular weight excluding hydrogens is 344 g/mol. The number of carbonyl (C=O) groups excluding carboxylic acids is 1. The molecule has 1 amide bonds. The second-order valence-electron chi connectivity index (χ2n) is 6.31. The molecule has 2 aromatic carbocycles. The number of hydrogen-bond donors (Lipinski definition) is 1. The average Bonchev–Trinajstić information content (AvgIpc) is 2.61. The Morgan fingerprint density at radius 1 is 1.12 bits per heavy atom. The van der Waals surface area contributed by atoms with Gasteiger partial charge in [0.05, 0.1) is 11.1 Å². The summed E-state index contributed by atoms with van der Waals surface area (Å²) in [4.78, 5) is 12.6. The molecule has 0 saturated heterocycles. The summed E-state index contributed by atoms with van der Waals surface area (Å²) >= 11 is 0. The standard InChI is InChI=1S/C19H19F2NO4/c1-19(2,12-7-8-15-16(11-12)25-10-9-24-15)22-17(23)13-5-3-4-6-14(13)26-18(20)21/h3-8,11,18H,9-10H2,1-2H3,(H,22,23). The van der Waals surface area contributed by atoms with Crippen molar-refractivity contribution in [2.45, 2.75) is 26.0 Å². The number of carbonyl (C=O) groups is 1. The number of ether oxygens (including phenoxy) is 3. The lowest BCUT2D eigenvalue weighted by Crippen LogP contribution is -2.41. The molecule has 0 aliphatic carbocycles. The molecule has 1 aliphatic heterocycles. The number of benzene rings is 2. The van der Waals surface area contributed by atoms with Gasteiger partial charge in [-0.15, -0.1) is 0 Å². The van der Waals surface area contributed by atoms with Gasteiger partial charge >= 0.3 is 6.61 Å². The zero-order chi connectivity index (χ0) is 18.7. The highest BCUT2D eigenvalue weighted by Gasteiger charge is 2.27. The summed E-state index contributed by atoms with van der Waals surface area (Å²) in [5, 5.41) is 2.85. The van der Waals surface area contributed by atoms with E-state index in [1.165, 1.54) is 18.2 Å². The van der Waals surface area contributed by atoms with E-state index in [9.17, 15) is 13.6 Å². The van der Waals surface area contributed by atoms with Crippen molar-refractivity contribution in [1.29, 1.82) is 0 Å². The number of nitrogens with one attached hydrogen (secondary N) is 1. The van der Waals surface area contributed by atoms with Gasteiger partial charge in [0.15, 0.2) is 11.5 Å². The molecule has 1 N–H and O–H groups in total. The number of para-hydroxylation sites is 1. The average molecular weight is 363 g/mol. The van der Waals surface area contributed by atoms with Crippen LogP contribution in [0.2, 0.25) is 0 Å². The Balaban J connectivity index is 1.82. The van der Waals surface area contributed by atoms with Crippen molar-refractivity contribution in [3.8, 4) is 17.2 Å². The van der Waals surface area contributed by atoms with Crippen molar-refractivity contribution >= 4 is 5.91 Å². The molecule has 0 aromatic heterocycles. The third kappa shape index (κ3) is 3.87. The molecule has 5 nitrogen and oxygen atoms in total. The summed E-state index contributed by atoms with van der Waals surface area (Å²) in [5.74, 6) is 0.578. The van der Waals surface area contributed by atoms with Gasteiger partial charge in [-0.25, -0.2) is 0 Å². The van der Waals surface area contributed by atoms with Gasteiger partial charge in [-0.3, -0.25) is 4.79 Å². The smallest absolute Gasteiger partial charge is 0.387 e. The number of halogens is 2. The summed E-state index contributed by atoms with van der Waals surface area (Å²) in [6.45, 7) is 1.57. The molecule has 2 aromatic rings. The van der Waals surface area contributed by atoms with Gasteiger partial charge < -0.3 is 19.5 Å². The fourth-order valence-corrected chi connectivity index (χ4v) is 2.71. The van der Waals surface area contributed by atoms with E-state index in [0.29, 0.717) is 24.7 Å². The number of fused-ring (bicyclic) bond motifs is 1. The minimum atomic E-state index is -3.00. The van der Waals surface area contributed by atoms with E-state index >= 15 is 0 Å². The van der Waals surface area contributed by atoms with Crippen molar-refractivity contribution in [2.24, 2.45) is 0 Å². The molecule has 1 heterocycles. The predicted octanol–water partition coefficient (Wildman–Crippen LogP) is 3.72. The number of alkyl halides is 2. The molecular formula is C19H19F2NO4. The van der Waals surface area contributed by atoms with Gasteiger partial charge in [0.1, 0.15) is 19.0 Å². The number of amides is 1. The maximum atomic E-state index is 12.6. The Bertz CT molecular complexity index is 808. The Hall–Kier alpha value is -2.83. The zero-order valence-electron chi connectivity index (χ0n) is 14.4. The van der Waals surface area contributed by atoms with Crippen molar-refractivity contribution in [2.75, 3.05) is 13.2 Å². The highest BCUT2D eigenvalue weighted by Crippen LogP contribution is 2.34. The van der Waals surface area contributed by atoms with Crippen LogP contribution in [0.1, 0.15) is 29.8 Å². The molecule has 0 radical (unpaired) electrons. The normalized spacial score (nSPS) is 13.4. The van der Waals surface area contributed by atoms with E-state index < -0.39 is 18.1 Å². The van der Waals surface area contributed by atoms with Crippen LogP contribution >= 0.6 is 0 Å². The van der Waals surface area contributed by atoms with Gasteiger partial charge in [0.25, 0.3) is 5.91 Å². The fraction of sp³-hybridized carbons (Fsp3) is 0.316. The molecule has 3 rings (SSSR count). The molecule has 0 atom stereocenters. The van der Waals surface area contributed by atoms with E-state index in [1.807, 2.05) is 19.9 Å². The highest BCUT2D eigenvalue weighted by molar-refractivity contribution is 5.97. The first-order chi connectivity index (χ1) is 12.4. The number of rotatable bonds is 5. The molecule has 0 fully saturated rings. The molecule has 0 bridgehead atoms. The van der Waals surface area contributed by atoms with Crippen molar-refractivity contribution in [3.05, 3.63) is 53.6 Å². The SMILES string of the molecule is CC(C)(NC(=O)c1ccccc1OC(F)F)c1ccc2c(c1)OCCO2. The van der Waals surface area contributed by atoms with Crippen LogP contribution in [-0.4, -0.2) is 25.7 Å². The first-order valence-electron chi connectivity index (χ1n) is 8.13. The zero-order valence-corrected chi connectivity index (χ0v) is 14.4. The minimum absolute atomic E-state index is 0.0402. The quantitative estimate of drug-likeness (QED) is 0.880. The first kappa shape index (κ1) is 18.0. The maximum absolute atomic E-state index is 12.6. The molecule has 0 saturated carbocycles. The Labute approximate surface area is 149 Å². The van der Waals surface area contributed by atoms with Crippen LogP contribution in [0.4, 0.5) is 8.78 Å². The van der Waals surface area contributed by atoms with E-state index in [4.69, 9.17) is 9.47 Å². The van der Waals surface area contributed by atoms with Crippen molar-refractivity contribution < 1.29 is 27.8 Å². The van der Waals surface area contributed by atoms with Crippen LogP contribution in [-0.2, 0) is 5.54 Å². The van der Waals surface area contributed by atoms with E-state index in [0.717, 1.165) is 5.56 Å². The lowest BCUT2D eigenvalue weighted by Gasteiger charge is -2.29. The molecule has 0 unspecified atom stereocenters. The molecule has 1 aliphatic rings. The first-order valence-corrected chi connectivity index (χ1v) is 8.13. The predicted molar refractivity (Wildman–Crippen MR) is 91.0 cm³/mol. The summed E-state index contributed by atoms with van der Waals surface area (Å²) in [5.41, 5.74) is 0.0611. The van der Waals surface area contributed by atoms with Crippen molar-refractivity contribution in [3.63, 3.8) is 0 Å². The van der Waals surface area contributed by atoms with Gasteiger partial charge in [-0.05, 0) is 43.7 Å². The maximum Gasteiger partial charge on any atom is 0.387 e. The minimum Gasteiger partial charge on any atom is -0.486 e. The van der Waals surface area contributed by atoms with E-state index in [-0.39, 0.29) is 11.3 Å². The van der Waals surface area contributed by atoms with Gasteiger partial charge in [0, 0.05) is 0 Å². The third-order valence-electron chi connectivity index (χ3n) is 4.04. The molecule has 26 heavy (non-hydrogen) atoms. The molecule has 138 valence electrons. The summed E-state index contributed by atoms with van der Waals surface area (Å²) < 4.78 is 40.6. The lowest BCUT2D eigenvalue weighted by atomic mass is 9.93. The molecule has 0 spiro atoms. The largest absolute Gasteiger partial charge is 0.486 e. The monoisotopic (exact) mass is 363 g/mol. The van der Waals surface area contributed by atoms with Gasteiger partial charge in [0.2, 0.25) is 0 Å². The lowest BCUT2D eigenvalue weighted by molar-refractivity contribution is -0.0501. The van der Waals surface area contributed by atoms with Gasteiger partial charge in [-0.1, -0.05) is 18.2 Å². The molecule has 7 heteroatoms.